The summed E-state index contributed by atoms with van der Waals surface area (Å²) in [5.41, 5.74) is -1.19. The predicted octanol–water partition coefficient (Wildman–Crippen LogP) is 2.52. The number of aryl methyl sites for hydroxylation is 1. The predicted molar refractivity (Wildman–Crippen MR) is 86.0 cm³/mol. The number of carboxylic acids is 1. The fraction of sp³-hybridized carbons (Fsp3) is 0.143. The molecule has 0 saturated carbocycles. The number of aromatic carboxylic acids is 1. The van der Waals surface area contributed by atoms with Crippen LogP contribution in [0.3, 0.4) is 0 Å². The van der Waals surface area contributed by atoms with Gasteiger partial charge in [-0.25, -0.2) is 14.4 Å². The number of rotatable bonds is 3. The molecule has 10 heteroatoms. The zero-order valence-corrected chi connectivity index (χ0v) is 13.3. The SMILES string of the molecule is Cc1cc(NC(=O)N(C)c2cc3oc(=O)c(C(=O)O)cc3s2)no1. The molecule has 9 nitrogen and oxygen atoms in total. The summed E-state index contributed by atoms with van der Waals surface area (Å²) < 4.78 is 10.3. The molecule has 0 atom stereocenters. The smallest absolute Gasteiger partial charge is 0.351 e. The number of carbonyl (C=O) groups is 2. The molecule has 0 aliphatic carbocycles. The van der Waals surface area contributed by atoms with Crippen LogP contribution in [0.15, 0.2) is 31.9 Å². The van der Waals surface area contributed by atoms with Gasteiger partial charge in [-0.3, -0.25) is 10.2 Å². The average molecular weight is 349 g/mol. The molecule has 0 aliphatic rings. The highest BCUT2D eigenvalue weighted by molar-refractivity contribution is 7.22. The number of hydrogen-bond acceptors (Lipinski definition) is 7. The topological polar surface area (TPSA) is 126 Å². The van der Waals surface area contributed by atoms with E-state index in [1.54, 1.807) is 13.0 Å². The minimum atomic E-state index is -1.37. The molecule has 124 valence electrons. The van der Waals surface area contributed by atoms with E-state index in [0.717, 1.165) is 11.3 Å². The van der Waals surface area contributed by atoms with Crippen molar-refractivity contribution < 1.29 is 23.6 Å². The van der Waals surface area contributed by atoms with Gasteiger partial charge in [0.05, 0.1) is 4.70 Å². The molecule has 3 aromatic rings. The number of carboxylic acid groups (broad SMARTS) is 1. The Balaban J connectivity index is 1.89. The highest BCUT2D eigenvalue weighted by Gasteiger charge is 2.19. The Hall–Kier alpha value is -3.14. The third kappa shape index (κ3) is 2.86. The monoisotopic (exact) mass is 349 g/mol. The Bertz CT molecular complexity index is 1000. The van der Waals surface area contributed by atoms with Crippen molar-refractivity contribution in [2.45, 2.75) is 6.92 Å². The summed E-state index contributed by atoms with van der Waals surface area (Å²) in [6.07, 6.45) is 0. The van der Waals surface area contributed by atoms with E-state index in [4.69, 9.17) is 14.0 Å². The standard InChI is InChI=1S/C14H11N3O6S/c1-6-3-10(16-23-6)15-14(21)17(2)11-5-8-9(24-11)4-7(12(18)19)13(20)22-8/h3-5H,1-2H3,(H,18,19)(H,15,16,21). The van der Waals surface area contributed by atoms with E-state index in [1.807, 2.05) is 0 Å². The maximum Gasteiger partial charge on any atom is 0.351 e. The molecular weight excluding hydrogens is 338 g/mol. The van der Waals surface area contributed by atoms with E-state index in [1.165, 1.54) is 24.1 Å². The first-order valence-corrected chi connectivity index (χ1v) is 7.46. The van der Waals surface area contributed by atoms with E-state index >= 15 is 0 Å². The zero-order valence-electron chi connectivity index (χ0n) is 12.5. The number of urea groups is 1. The Morgan fingerprint density at radius 1 is 1.33 bits per heavy atom. The minimum Gasteiger partial charge on any atom is -0.477 e. The molecule has 3 aromatic heterocycles. The molecule has 24 heavy (non-hydrogen) atoms. The van der Waals surface area contributed by atoms with Gasteiger partial charge in [0.1, 0.15) is 16.3 Å². The summed E-state index contributed by atoms with van der Waals surface area (Å²) in [5.74, 6) is -0.545. The molecule has 0 fully saturated rings. The summed E-state index contributed by atoms with van der Waals surface area (Å²) in [7, 11) is 1.52. The van der Waals surface area contributed by atoms with Crippen LogP contribution >= 0.6 is 11.3 Å². The normalized spacial score (nSPS) is 10.8. The molecule has 0 unspecified atom stereocenters. The van der Waals surface area contributed by atoms with Crippen molar-refractivity contribution in [1.29, 1.82) is 0 Å². The van der Waals surface area contributed by atoms with Crippen LogP contribution in [-0.2, 0) is 0 Å². The van der Waals surface area contributed by atoms with Crippen molar-refractivity contribution in [3.63, 3.8) is 0 Å². The quantitative estimate of drug-likeness (QED) is 0.744. The van der Waals surface area contributed by atoms with Crippen molar-refractivity contribution in [1.82, 2.24) is 5.16 Å². The number of nitrogens with one attached hydrogen (secondary N) is 1. The maximum absolute atomic E-state index is 12.2. The lowest BCUT2D eigenvalue weighted by atomic mass is 10.3. The van der Waals surface area contributed by atoms with E-state index in [-0.39, 0.29) is 11.4 Å². The van der Waals surface area contributed by atoms with E-state index in [0.29, 0.717) is 15.5 Å². The van der Waals surface area contributed by atoms with Crippen molar-refractivity contribution in [2.75, 3.05) is 17.3 Å². The van der Waals surface area contributed by atoms with E-state index < -0.39 is 23.2 Å². The van der Waals surface area contributed by atoms with Gasteiger partial charge in [-0.2, -0.15) is 0 Å². The average Bonchev–Trinajstić information content (AvgIpc) is 3.11. The van der Waals surface area contributed by atoms with Crippen LogP contribution in [0.25, 0.3) is 10.3 Å². The molecule has 0 aromatic carbocycles. The van der Waals surface area contributed by atoms with Gasteiger partial charge in [-0.1, -0.05) is 5.16 Å². The van der Waals surface area contributed by atoms with Gasteiger partial charge in [0.15, 0.2) is 11.4 Å². The van der Waals surface area contributed by atoms with E-state index in [2.05, 4.69) is 10.5 Å². The molecule has 0 spiro atoms. The summed E-state index contributed by atoms with van der Waals surface area (Å²) in [5, 5.41) is 15.6. The van der Waals surface area contributed by atoms with Crippen molar-refractivity contribution >= 4 is 44.4 Å². The maximum atomic E-state index is 12.2. The third-order valence-electron chi connectivity index (χ3n) is 3.14. The highest BCUT2D eigenvalue weighted by Crippen LogP contribution is 2.32. The second-order valence-corrected chi connectivity index (χ2v) is 5.94. The molecular formula is C14H11N3O6S. The summed E-state index contributed by atoms with van der Waals surface area (Å²) >= 11 is 1.12. The summed E-state index contributed by atoms with van der Waals surface area (Å²) in [4.78, 5) is 36.0. The van der Waals surface area contributed by atoms with Gasteiger partial charge in [0.25, 0.3) is 0 Å². The molecule has 0 bridgehead atoms. The van der Waals surface area contributed by atoms with Crippen LogP contribution in [0.4, 0.5) is 15.6 Å². The van der Waals surface area contributed by atoms with Crippen LogP contribution in [0, 0.1) is 6.92 Å². The summed E-state index contributed by atoms with van der Waals surface area (Å²) in [6, 6.07) is 3.80. The number of nitrogens with zero attached hydrogens (tertiary/aromatic N) is 2. The van der Waals surface area contributed by atoms with Crippen LogP contribution < -0.4 is 15.8 Å². The van der Waals surface area contributed by atoms with E-state index in [9.17, 15) is 14.4 Å². The second kappa shape index (κ2) is 5.81. The third-order valence-corrected chi connectivity index (χ3v) is 4.28. The van der Waals surface area contributed by atoms with Gasteiger partial charge >= 0.3 is 17.6 Å². The number of hydrogen-bond donors (Lipinski definition) is 2. The Morgan fingerprint density at radius 2 is 2.08 bits per heavy atom. The summed E-state index contributed by atoms with van der Waals surface area (Å²) in [6.45, 7) is 1.69. The first-order chi connectivity index (χ1) is 11.3. The fourth-order valence-corrected chi connectivity index (χ4v) is 2.92. The lowest BCUT2D eigenvalue weighted by Crippen LogP contribution is -2.30. The molecule has 2 amide bonds. The molecule has 3 rings (SSSR count). The Morgan fingerprint density at radius 3 is 2.71 bits per heavy atom. The van der Waals surface area contributed by atoms with Gasteiger partial charge in [-0.15, -0.1) is 11.3 Å². The fourth-order valence-electron chi connectivity index (χ4n) is 1.93. The van der Waals surface area contributed by atoms with Crippen LogP contribution in [0.1, 0.15) is 16.1 Å². The van der Waals surface area contributed by atoms with Crippen molar-refractivity contribution in [3.8, 4) is 0 Å². The van der Waals surface area contributed by atoms with Gasteiger partial charge in [0, 0.05) is 19.2 Å². The molecule has 0 aliphatic heterocycles. The number of thiophene rings is 1. The van der Waals surface area contributed by atoms with Crippen molar-refractivity contribution in [3.05, 3.63) is 39.9 Å². The lowest BCUT2D eigenvalue weighted by molar-refractivity contribution is 0.0692. The molecule has 3 heterocycles. The van der Waals surface area contributed by atoms with Crippen molar-refractivity contribution in [2.24, 2.45) is 0 Å². The van der Waals surface area contributed by atoms with Crippen LogP contribution in [0.2, 0.25) is 0 Å². The Labute approximate surface area is 138 Å². The number of anilines is 2. The highest BCUT2D eigenvalue weighted by atomic mass is 32.1. The first kappa shape index (κ1) is 15.7. The molecule has 0 radical (unpaired) electrons. The largest absolute Gasteiger partial charge is 0.477 e. The zero-order chi connectivity index (χ0) is 17.4. The first-order valence-electron chi connectivity index (χ1n) is 6.64. The minimum absolute atomic E-state index is 0.210. The lowest BCUT2D eigenvalue weighted by Gasteiger charge is -2.14. The number of carbonyl (C=O) groups excluding carboxylic acids is 1. The van der Waals surface area contributed by atoms with Crippen LogP contribution in [0.5, 0.6) is 0 Å². The van der Waals surface area contributed by atoms with Gasteiger partial charge in [-0.05, 0) is 13.0 Å². The number of fused-ring (bicyclic) bond motifs is 1. The number of amides is 2. The second-order valence-electron chi connectivity index (χ2n) is 4.88. The number of aromatic nitrogens is 1. The van der Waals surface area contributed by atoms with Gasteiger partial charge in [0.2, 0.25) is 0 Å². The molecule has 0 saturated heterocycles. The van der Waals surface area contributed by atoms with Gasteiger partial charge < -0.3 is 14.0 Å². The van der Waals surface area contributed by atoms with Crippen LogP contribution in [-0.4, -0.2) is 29.3 Å². The Kier molecular flexibility index (Phi) is 3.81. The molecule has 2 N–H and O–H groups in total.